The van der Waals surface area contributed by atoms with Crippen LogP contribution in [-0.4, -0.2) is 49.6 Å². The van der Waals surface area contributed by atoms with Gasteiger partial charge in [0, 0.05) is 26.1 Å². The van der Waals surface area contributed by atoms with Gasteiger partial charge in [-0.05, 0) is 31.2 Å². The lowest BCUT2D eigenvalue weighted by atomic mass is 9.99. The Kier molecular flexibility index (Phi) is 3.87. The third-order valence-corrected chi connectivity index (χ3v) is 5.22. The molecule has 1 fully saturated rings. The summed E-state index contributed by atoms with van der Waals surface area (Å²) in [7, 11) is 1.63. The van der Waals surface area contributed by atoms with Crippen molar-refractivity contribution in [3.05, 3.63) is 41.9 Å². The predicted octanol–water partition coefficient (Wildman–Crippen LogP) is 1.88. The molecule has 4 aromatic rings. The monoisotopic (exact) mass is 406 g/mol. The zero-order chi connectivity index (χ0) is 21.0. The van der Waals surface area contributed by atoms with Crippen LogP contribution < -0.4 is 5.73 Å². The maximum Gasteiger partial charge on any atom is 0.262 e. The number of nitrogen functional groups attached to an aromatic ring is 1. The van der Waals surface area contributed by atoms with Crippen LogP contribution in [0.25, 0.3) is 33.9 Å². The van der Waals surface area contributed by atoms with Gasteiger partial charge in [-0.1, -0.05) is 5.16 Å². The van der Waals surface area contributed by atoms with Crippen LogP contribution in [0.4, 0.5) is 5.82 Å². The SMILES string of the molecule is Cc1nc(N)c2nc(-c3ccc(-c4cc(C5(O)CCN(C)C5=O)on4)o3)ccc2n1. The molecule has 4 aromatic heterocycles. The second-order valence-electron chi connectivity index (χ2n) is 7.30. The van der Waals surface area contributed by atoms with Gasteiger partial charge in [-0.25, -0.2) is 15.0 Å². The Balaban J connectivity index is 1.48. The first kappa shape index (κ1) is 18.3. The van der Waals surface area contributed by atoms with Crippen LogP contribution in [-0.2, 0) is 10.4 Å². The molecular weight excluding hydrogens is 388 g/mol. The van der Waals surface area contributed by atoms with E-state index in [-0.39, 0.29) is 12.2 Å². The van der Waals surface area contributed by atoms with Crippen molar-refractivity contribution in [2.45, 2.75) is 18.9 Å². The molecule has 10 heteroatoms. The van der Waals surface area contributed by atoms with Crippen molar-refractivity contribution < 1.29 is 18.8 Å². The molecule has 0 saturated carbocycles. The molecule has 0 aliphatic carbocycles. The van der Waals surface area contributed by atoms with Crippen molar-refractivity contribution in [1.29, 1.82) is 0 Å². The zero-order valence-corrected chi connectivity index (χ0v) is 16.3. The number of nitrogens with zero attached hydrogens (tertiary/aromatic N) is 5. The summed E-state index contributed by atoms with van der Waals surface area (Å²) in [6.45, 7) is 2.21. The maximum absolute atomic E-state index is 12.3. The van der Waals surface area contributed by atoms with Crippen LogP contribution in [0.2, 0.25) is 0 Å². The number of hydrogen-bond donors (Lipinski definition) is 2. The number of aromatic nitrogens is 4. The highest BCUT2D eigenvalue weighted by atomic mass is 16.5. The number of carbonyl (C=O) groups excluding carboxylic acids is 1. The lowest BCUT2D eigenvalue weighted by Crippen LogP contribution is -2.35. The number of carbonyl (C=O) groups is 1. The number of aryl methyl sites for hydroxylation is 1. The number of pyridine rings is 1. The fraction of sp³-hybridized carbons (Fsp3) is 0.250. The lowest BCUT2D eigenvalue weighted by molar-refractivity contribution is -0.144. The normalized spacial score (nSPS) is 19.2. The largest absolute Gasteiger partial charge is 0.453 e. The molecule has 30 heavy (non-hydrogen) atoms. The molecule has 152 valence electrons. The van der Waals surface area contributed by atoms with Crippen molar-refractivity contribution in [3.63, 3.8) is 0 Å². The highest BCUT2D eigenvalue weighted by Gasteiger charge is 2.48. The minimum Gasteiger partial charge on any atom is -0.453 e. The molecule has 0 radical (unpaired) electrons. The molecule has 0 spiro atoms. The van der Waals surface area contributed by atoms with Crippen molar-refractivity contribution in [1.82, 2.24) is 25.0 Å². The van der Waals surface area contributed by atoms with Gasteiger partial charge in [-0.15, -0.1) is 0 Å². The zero-order valence-electron chi connectivity index (χ0n) is 16.3. The van der Waals surface area contributed by atoms with Gasteiger partial charge in [-0.2, -0.15) is 0 Å². The summed E-state index contributed by atoms with van der Waals surface area (Å²) in [5.41, 5.74) is 6.34. The molecule has 3 N–H and O–H groups in total. The lowest BCUT2D eigenvalue weighted by Gasteiger charge is -2.16. The third kappa shape index (κ3) is 2.72. The summed E-state index contributed by atoms with van der Waals surface area (Å²) in [4.78, 5) is 26.7. The van der Waals surface area contributed by atoms with Gasteiger partial charge in [0.25, 0.3) is 5.91 Å². The van der Waals surface area contributed by atoms with E-state index in [0.717, 1.165) is 0 Å². The second-order valence-corrected chi connectivity index (χ2v) is 7.30. The summed E-state index contributed by atoms with van der Waals surface area (Å²) in [5, 5.41) is 14.7. The van der Waals surface area contributed by atoms with Crippen molar-refractivity contribution in [2.75, 3.05) is 19.3 Å². The van der Waals surface area contributed by atoms with Crippen LogP contribution in [0, 0.1) is 6.92 Å². The number of aliphatic hydroxyl groups is 1. The summed E-state index contributed by atoms with van der Waals surface area (Å²) in [5.74, 6) is 1.45. The van der Waals surface area contributed by atoms with Crippen molar-refractivity contribution >= 4 is 22.8 Å². The molecule has 5 rings (SSSR count). The topological polar surface area (TPSA) is 144 Å². The van der Waals surface area contributed by atoms with Crippen LogP contribution in [0.3, 0.4) is 0 Å². The molecule has 1 unspecified atom stereocenters. The van der Waals surface area contributed by atoms with E-state index in [1.165, 1.54) is 11.0 Å². The molecule has 1 amide bonds. The van der Waals surface area contributed by atoms with Crippen molar-refractivity contribution in [3.8, 4) is 22.9 Å². The number of likely N-dealkylation sites (N-methyl/N-ethyl adjacent to an activating group) is 1. The number of hydrogen-bond acceptors (Lipinski definition) is 9. The van der Waals surface area contributed by atoms with Gasteiger partial charge < -0.3 is 24.7 Å². The van der Waals surface area contributed by atoms with E-state index in [2.05, 4.69) is 20.1 Å². The number of furan rings is 1. The summed E-state index contributed by atoms with van der Waals surface area (Å²) in [6, 6.07) is 8.55. The molecule has 10 nitrogen and oxygen atoms in total. The number of likely N-dealkylation sites (tertiary alicyclic amines) is 1. The Morgan fingerprint density at radius 1 is 1.13 bits per heavy atom. The molecular formula is C20H18N6O4. The van der Waals surface area contributed by atoms with Gasteiger partial charge in [0.15, 0.2) is 23.1 Å². The van der Waals surface area contributed by atoms with Gasteiger partial charge in [-0.3, -0.25) is 4.79 Å². The third-order valence-electron chi connectivity index (χ3n) is 5.22. The van der Waals surface area contributed by atoms with Gasteiger partial charge >= 0.3 is 0 Å². The Morgan fingerprint density at radius 3 is 2.63 bits per heavy atom. The van der Waals surface area contributed by atoms with E-state index in [4.69, 9.17) is 14.7 Å². The number of anilines is 1. The van der Waals surface area contributed by atoms with E-state index in [1.807, 2.05) is 0 Å². The molecule has 1 atom stereocenters. The van der Waals surface area contributed by atoms with E-state index in [0.29, 0.717) is 52.1 Å². The standard InChI is InChI=1S/C20H18N6O4/c1-10-22-12-4-3-11(24-17(12)18(21)23-10)14-5-6-15(29-14)13-9-16(30-25-13)20(28)7-8-26(2)19(20)27/h3-6,9,28H,7-8H2,1-2H3,(H2,21,22,23). The average molecular weight is 406 g/mol. The molecule has 5 heterocycles. The Labute approximate surface area is 170 Å². The summed E-state index contributed by atoms with van der Waals surface area (Å²) >= 11 is 0. The number of nitrogens with two attached hydrogens (primary N) is 1. The molecule has 1 aliphatic rings. The quantitative estimate of drug-likeness (QED) is 0.521. The molecule has 0 bridgehead atoms. The number of fused-ring (bicyclic) bond motifs is 1. The smallest absolute Gasteiger partial charge is 0.262 e. The Bertz CT molecular complexity index is 1300. The predicted molar refractivity (Wildman–Crippen MR) is 106 cm³/mol. The minimum atomic E-state index is -1.70. The van der Waals surface area contributed by atoms with E-state index >= 15 is 0 Å². The maximum atomic E-state index is 12.3. The van der Waals surface area contributed by atoms with Gasteiger partial charge in [0.1, 0.15) is 22.7 Å². The Morgan fingerprint density at radius 2 is 1.90 bits per heavy atom. The Hall–Kier alpha value is -3.79. The minimum absolute atomic E-state index is 0.0916. The van der Waals surface area contributed by atoms with Crippen LogP contribution >= 0.6 is 0 Å². The van der Waals surface area contributed by atoms with Gasteiger partial charge in [0.2, 0.25) is 5.60 Å². The second kappa shape index (κ2) is 6.36. The highest BCUT2D eigenvalue weighted by Crippen LogP contribution is 2.35. The molecule has 0 aromatic carbocycles. The number of rotatable bonds is 3. The van der Waals surface area contributed by atoms with Crippen LogP contribution in [0.15, 0.2) is 39.3 Å². The molecule has 1 saturated heterocycles. The van der Waals surface area contributed by atoms with Crippen LogP contribution in [0.5, 0.6) is 0 Å². The first-order chi connectivity index (χ1) is 14.3. The average Bonchev–Trinajstić information content (AvgIpc) is 3.45. The molecule has 1 aliphatic heterocycles. The number of amides is 1. The first-order valence-corrected chi connectivity index (χ1v) is 9.32. The van der Waals surface area contributed by atoms with Crippen LogP contribution in [0.1, 0.15) is 18.0 Å². The van der Waals surface area contributed by atoms with Crippen molar-refractivity contribution in [2.24, 2.45) is 0 Å². The van der Waals surface area contributed by atoms with E-state index in [9.17, 15) is 9.90 Å². The summed E-state index contributed by atoms with van der Waals surface area (Å²) < 4.78 is 11.1. The fourth-order valence-corrected chi connectivity index (χ4v) is 3.58. The van der Waals surface area contributed by atoms with E-state index in [1.54, 1.807) is 38.2 Å². The van der Waals surface area contributed by atoms with Gasteiger partial charge in [0.05, 0.1) is 5.52 Å². The van der Waals surface area contributed by atoms with E-state index < -0.39 is 11.5 Å². The summed E-state index contributed by atoms with van der Waals surface area (Å²) in [6.07, 6.45) is 0.240. The fourth-order valence-electron chi connectivity index (χ4n) is 3.58. The highest BCUT2D eigenvalue weighted by molar-refractivity contribution is 5.88. The first-order valence-electron chi connectivity index (χ1n) is 9.32.